The Hall–Kier alpha value is -0.410. The van der Waals surface area contributed by atoms with Crippen LogP contribution in [0.3, 0.4) is 0 Å². The Morgan fingerprint density at radius 1 is 0.913 bits per heavy atom. The first-order valence-corrected chi connectivity index (χ1v) is 9.47. The lowest BCUT2D eigenvalue weighted by Crippen LogP contribution is -2.64. The predicted molar refractivity (Wildman–Crippen MR) is 89.2 cm³/mol. The van der Waals surface area contributed by atoms with Gasteiger partial charge in [-0.25, -0.2) is 0 Å². The Bertz CT molecular complexity index is 537. The van der Waals surface area contributed by atoms with Gasteiger partial charge in [0.25, 0.3) is 0 Å². The molecule has 2 heterocycles. The zero-order valence-corrected chi connectivity index (χ0v) is 15.4. The maximum Gasteiger partial charge on any atom is 0.138 e. The topological polar surface area (TPSA) is 38.8 Å². The van der Waals surface area contributed by atoms with E-state index in [1.54, 1.807) is 0 Å². The number of hydrogen-bond donors (Lipinski definition) is 0. The van der Waals surface area contributed by atoms with Crippen molar-refractivity contribution in [3.8, 4) is 0 Å². The number of carbonyl (C=O) groups is 1. The van der Waals surface area contributed by atoms with Crippen molar-refractivity contribution in [3.63, 3.8) is 0 Å². The van der Waals surface area contributed by atoms with E-state index in [4.69, 9.17) is 9.47 Å². The van der Waals surface area contributed by atoms with Gasteiger partial charge in [0.15, 0.2) is 0 Å². The van der Waals surface area contributed by atoms with Crippen LogP contribution in [0.1, 0.15) is 73.1 Å². The van der Waals surface area contributed by atoms with Crippen LogP contribution in [0.4, 0.5) is 0 Å². The zero-order valence-electron chi connectivity index (χ0n) is 15.4. The van der Waals surface area contributed by atoms with Gasteiger partial charge in [0.1, 0.15) is 11.9 Å². The average molecular weight is 320 g/mol. The molecular weight excluding hydrogens is 288 g/mol. The molecule has 0 spiro atoms. The highest BCUT2D eigenvalue weighted by molar-refractivity contribution is 5.85. The number of Topliss-reactive ketones (excluding diaryl/α,β-unsaturated/α-hetero) is 1. The average Bonchev–Trinajstić information content (AvgIpc) is 3.27. The van der Waals surface area contributed by atoms with Crippen molar-refractivity contribution in [2.24, 2.45) is 22.7 Å². The Kier molecular flexibility index (Phi) is 3.22. The molecule has 6 atom stereocenters. The molecule has 0 aromatic carbocycles. The van der Waals surface area contributed by atoms with E-state index >= 15 is 0 Å². The SMILES string of the molecule is CC1(C)C(=O)CC[C@]2(C)C1CC[C@]1(C)O[C@@](C)([C@H]3CO3)CCC21. The summed E-state index contributed by atoms with van der Waals surface area (Å²) in [6, 6.07) is 0. The molecule has 2 unspecified atom stereocenters. The van der Waals surface area contributed by atoms with Crippen LogP contribution in [0.15, 0.2) is 0 Å². The second kappa shape index (κ2) is 4.60. The van der Waals surface area contributed by atoms with Gasteiger partial charge in [0.2, 0.25) is 0 Å². The molecule has 0 bridgehead atoms. The second-order valence-corrected chi connectivity index (χ2v) is 9.88. The molecule has 2 aliphatic carbocycles. The summed E-state index contributed by atoms with van der Waals surface area (Å²) in [6.45, 7) is 12.3. The van der Waals surface area contributed by atoms with Crippen molar-refractivity contribution in [2.45, 2.75) is 90.4 Å². The summed E-state index contributed by atoms with van der Waals surface area (Å²) >= 11 is 0. The highest BCUT2D eigenvalue weighted by Gasteiger charge is 2.64. The first-order valence-electron chi connectivity index (χ1n) is 9.47. The number of rotatable bonds is 1. The second-order valence-electron chi connectivity index (χ2n) is 9.88. The van der Waals surface area contributed by atoms with Crippen LogP contribution in [0.5, 0.6) is 0 Å². The third-order valence-corrected chi connectivity index (χ3v) is 8.15. The van der Waals surface area contributed by atoms with Gasteiger partial charge in [-0.05, 0) is 63.2 Å². The number of fused-ring (bicyclic) bond motifs is 3. The molecule has 0 aromatic heterocycles. The lowest BCUT2D eigenvalue weighted by atomic mass is 9.44. The molecule has 2 saturated heterocycles. The molecule has 4 rings (SSSR count). The van der Waals surface area contributed by atoms with Crippen LogP contribution in [0.25, 0.3) is 0 Å². The molecule has 4 aliphatic rings. The molecule has 0 aromatic rings. The summed E-state index contributed by atoms with van der Waals surface area (Å²) in [5.74, 6) is 1.53. The normalized spacial score (nSPS) is 55.0. The molecule has 23 heavy (non-hydrogen) atoms. The van der Waals surface area contributed by atoms with E-state index in [1.807, 2.05) is 0 Å². The predicted octanol–water partition coefficient (Wildman–Crippen LogP) is 4.13. The highest BCUT2D eigenvalue weighted by atomic mass is 16.6. The summed E-state index contributed by atoms with van der Waals surface area (Å²) in [5.41, 5.74) is -0.0973. The van der Waals surface area contributed by atoms with E-state index in [1.165, 1.54) is 6.42 Å². The third kappa shape index (κ3) is 2.12. The number of carbonyl (C=O) groups excluding carboxylic acids is 1. The molecule has 0 N–H and O–H groups in total. The lowest BCUT2D eigenvalue weighted by molar-refractivity contribution is -0.266. The third-order valence-electron chi connectivity index (χ3n) is 8.15. The van der Waals surface area contributed by atoms with Crippen molar-refractivity contribution in [1.29, 1.82) is 0 Å². The van der Waals surface area contributed by atoms with E-state index in [0.29, 0.717) is 23.7 Å². The molecule has 4 fully saturated rings. The standard InChI is InChI=1S/C20H32O3/c1-17(2)13-6-10-19(4)14(18(13,3)9-8-15(17)21)7-11-20(5,23-19)16-12-22-16/h13-14,16H,6-12H2,1-5H3/t13?,14?,16-,18-,19+,20-/m1/s1. The first-order chi connectivity index (χ1) is 10.6. The molecule has 0 radical (unpaired) electrons. The lowest BCUT2D eigenvalue weighted by Gasteiger charge is -2.64. The molecule has 3 nitrogen and oxygen atoms in total. The molecule has 130 valence electrons. The fourth-order valence-corrected chi connectivity index (χ4v) is 6.71. The van der Waals surface area contributed by atoms with Gasteiger partial charge in [-0.3, -0.25) is 4.79 Å². The van der Waals surface area contributed by atoms with Crippen LogP contribution in [-0.4, -0.2) is 29.7 Å². The zero-order chi connectivity index (χ0) is 16.7. The van der Waals surface area contributed by atoms with Crippen LogP contribution in [0.2, 0.25) is 0 Å². The summed E-state index contributed by atoms with van der Waals surface area (Å²) in [6.07, 6.45) is 6.59. The largest absolute Gasteiger partial charge is 0.370 e. The summed E-state index contributed by atoms with van der Waals surface area (Å²) in [7, 11) is 0. The molecule has 3 heteroatoms. The van der Waals surface area contributed by atoms with Crippen molar-refractivity contribution in [2.75, 3.05) is 6.61 Å². The maximum absolute atomic E-state index is 12.5. The minimum absolute atomic E-state index is 0.0549. The van der Waals surface area contributed by atoms with Crippen LogP contribution < -0.4 is 0 Å². The van der Waals surface area contributed by atoms with Gasteiger partial charge < -0.3 is 9.47 Å². The number of ether oxygens (including phenoxy) is 2. The Morgan fingerprint density at radius 3 is 2.17 bits per heavy atom. The summed E-state index contributed by atoms with van der Waals surface area (Å²) < 4.78 is 12.4. The van der Waals surface area contributed by atoms with E-state index in [-0.39, 0.29) is 22.0 Å². The van der Waals surface area contributed by atoms with Crippen LogP contribution in [-0.2, 0) is 14.3 Å². The van der Waals surface area contributed by atoms with E-state index < -0.39 is 0 Å². The summed E-state index contributed by atoms with van der Waals surface area (Å²) in [4.78, 5) is 12.5. The van der Waals surface area contributed by atoms with E-state index in [2.05, 4.69) is 34.6 Å². The van der Waals surface area contributed by atoms with Gasteiger partial charge >= 0.3 is 0 Å². The van der Waals surface area contributed by atoms with Gasteiger partial charge in [-0.15, -0.1) is 0 Å². The Labute approximate surface area is 140 Å². The Balaban J connectivity index is 1.66. The molecule has 2 aliphatic heterocycles. The highest BCUT2D eigenvalue weighted by Crippen LogP contribution is 2.65. The van der Waals surface area contributed by atoms with Crippen molar-refractivity contribution in [1.82, 2.24) is 0 Å². The van der Waals surface area contributed by atoms with E-state index in [9.17, 15) is 4.79 Å². The smallest absolute Gasteiger partial charge is 0.138 e. The number of ketones is 1. The van der Waals surface area contributed by atoms with Crippen molar-refractivity contribution < 1.29 is 14.3 Å². The number of hydrogen-bond acceptors (Lipinski definition) is 3. The molecule has 2 saturated carbocycles. The molecule has 0 amide bonds. The molecular formula is C20H32O3. The minimum Gasteiger partial charge on any atom is -0.370 e. The first kappa shape index (κ1) is 16.1. The van der Waals surface area contributed by atoms with Gasteiger partial charge in [-0.1, -0.05) is 20.8 Å². The monoisotopic (exact) mass is 320 g/mol. The van der Waals surface area contributed by atoms with Crippen molar-refractivity contribution in [3.05, 3.63) is 0 Å². The maximum atomic E-state index is 12.5. The number of epoxide rings is 1. The van der Waals surface area contributed by atoms with Crippen LogP contribution >= 0.6 is 0 Å². The minimum atomic E-state index is -0.172. The quantitative estimate of drug-likeness (QED) is 0.682. The van der Waals surface area contributed by atoms with Crippen LogP contribution in [0, 0.1) is 22.7 Å². The van der Waals surface area contributed by atoms with Crippen molar-refractivity contribution >= 4 is 5.78 Å². The van der Waals surface area contributed by atoms with E-state index in [0.717, 1.165) is 38.7 Å². The van der Waals surface area contributed by atoms with Gasteiger partial charge in [0.05, 0.1) is 17.8 Å². The van der Waals surface area contributed by atoms with Gasteiger partial charge in [0, 0.05) is 11.8 Å². The fraction of sp³-hybridized carbons (Fsp3) is 0.950. The fourth-order valence-electron chi connectivity index (χ4n) is 6.71. The Morgan fingerprint density at radius 2 is 1.52 bits per heavy atom. The van der Waals surface area contributed by atoms with Gasteiger partial charge in [-0.2, -0.15) is 0 Å². The summed E-state index contributed by atoms with van der Waals surface area (Å²) in [5, 5.41) is 0.